The van der Waals surface area contributed by atoms with E-state index in [0.29, 0.717) is 23.0 Å². The molecule has 0 aromatic heterocycles. The molecule has 1 aliphatic carbocycles. The van der Waals surface area contributed by atoms with Crippen molar-refractivity contribution in [1.29, 1.82) is 0 Å². The Morgan fingerprint density at radius 2 is 1.95 bits per heavy atom. The summed E-state index contributed by atoms with van der Waals surface area (Å²) >= 11 is 0. The molecular formula is C15H22N4O2. The number of nitrogens with two attached hydrogens (primary N) is 1. The molecule has 0 radical (unpaired) electrons. The van der Waals surface area contributed by atoms with Crippen molar-refractivity contribution in [1.82, 2.24) is 10.2 Å². The first-order valence-corrected chi connectivity index (χ1v) is 7.00. The van der Waals surface area contributed by atoms with Crippen molar-refractivity contribution in [2.24, 2.45) is 0 Å². The van der Waals surface area contributed by atoms with Crippen LogP contribution >= 0.6 is 0 Å². The standard InChI is InChI=1S/C15H22N4O2/c1-18(2)15(21)12-7-4-10(16)8-13(12)19(3)9-14(20)17-11-5-6-11/h4,7-8,11H,5-6,9,16H2,1-3H3,(H,17,20). The van der Waals surface area contributed by atoms with Crippen LogP contribution in [0, 0.1) is 0 Å². The van der Waals surface area contributed by atoms with Crippen molar-refractivity contribution in [2.75, 3.05) is 38.3 Å². The highest BCUT2D eigenvalue weighted by Crippen LogP contribution is 2.24. The van der Waals surface area contributed by atoms with Crippen LogP contribution in [-0.2, 0) is 4.79 Å². The van der Waals surface area contributed by atoms with Gasteiger partial charge in [0.1, 0.15) is 0 Å². The zero-order valence-electron chi connectivity index (χ0n) is 12.7. The van der Waals surface area contributed by atoms with Crippen LogP contribution in [0.1, 0.15) is 23.2 Å². The summed E-state index contributed by atoms with van der Waals surface area (Å²) in [7, 11) is 5.18. The fourth-order valence-electron chi connectivity index (χ4n) is 2.09. The molecule has 3 N–H and O–H groups in total. The van der Waals surface area contributed by atoms with Gasteiger partial charge in [0.05, 0.1) is 17.8 Å². The Hall–Kier alpha value is -2.24. The molecule has 0 atom stereocenters. The summed E-state index contributed by atoms with van der Waals surface area (Å²) in [6.07, 6.45) is 2.11. The molecule has 2 amide bonds. The molecule has 6 nitrogen and oxygen atoms in total. The number of nitrogen functional groups attached to an aromatic ring is 1. The third-order valence-electron chi connectivity index (χ3n) is 3.39. The van der Waals surface area contributed by atoms with E-state index in [1.165, 1.54) is 4.90 Å². The highest BCUT2D eigenvalue weighted by molar-refractivity contribution is 6.00. The van der Waals surface area contributed by atoms with E-state index < -0.39 is 0 Å². The van der Waals surface area contributed by atoms with Gasteiger partial charge in [-0.15, -0.1) is 0 Å². The van der Waals surface area contributed by atoms with E-state index in [0.717, 1.165) is 12.8 Å². The summed E-state index contributed by atoms with van der Waals surface area (Å²) in [5.74, 6) is -0.148. The number of hydrogen-bond acceptors (Lipinski definition) is 4. The zero-order valence-corrected chi connectivity index (χ0v) is 12.7. The molecule has 0 bridgehead atoms. The van der Waals surface area contributed by atoms with Crippen LogP contribution in [0.3, 0.4) is 0 Å². The number of rotatable bonds is 5. The average Bonchev–Trinajstić information content (AvgIpc) is 3.21. The summed E-state index contributed by atoms with van der Waals surface area (Å²) in [4.78, 5) is 27.4. The molecule has 1 aliphatic rings. The molecule has 6 heteroatoms. The molecule has 1 aromatic rings. The van der Waals surface area contributed by atoms with Crippen LogP contribution < -0.4 is 16.0 Å². The van der Waals surface area contributed by atoms with Crippen molar-refractivity contribution in [2.45, 2.75) is 18.9 Å². The van der Waals surface area contributed by atoms with Crippen molar-refractivity contribution >= 4 is 23.2 Å². The lowest BCUT2D eigenvalue weighted by Crippen LogP contribution is -2.37. The van der Waals surface area contributed by atoms with Gasteiger partial charge in [-0.3, -0.25) is 9.59 Å². The van der Waals surface area contributed by atoms with E-state index in [2.05, 4.69) is 5.32 Å². The van der Waals surface area contributed by atoms with E-state index in [4.69, 9.17) is 5.73 Å². The first-order chi connectivity index (χ1) is 9.88. The normalized spacial score (nSPS) is 13.7. The Labute approximate surface area is 124 Å². The summed E-state index contributed by atoms with van der Waals surface area (Å²) in [6, 6.07) is 5.44. The maximum atomic E-state index is 12.2. The third-order valence-corrected chi connectivity index (χ3v) is 3.39. The number of amides is 2. The highest BCUT2D eigenvalue weighted by Gasteiger charge is 2.24. The predicted octanol–water partition coefficient (Wildman–Crippen LogP) is 0.685. The van der Waals surface area contributed by atoms with Gasteiger partial charge in [0, 0.05) is 32.9 Å². The minimum atomic E-state index is -0.112. The summed E-state index contributed by atoms with van der Waals surface area (Å²) < 4.78 is 0. The van der Waals surface area contributed by atoms with Crippen LogP contribution in [-0.4, -0.2) is 50.4 Å². The summed E-state index contributed by atoms with van der Waals surface area (Å²) in [6.45, 7) is 0.202. The molecule has 1 saturated carbocycles. The van der Waals surface area contributed by atoms with Crippen LogP contribution in [0.4, 0.5) is 11.4 Å². The van der Waals surface area contributed by atoms with Crippen molar-refractivity contribution in [3.63, 3.8) is 0 Å². The highest BCUT2D eigenvalue weighted by atomic mass is 16.2. The van der Waals surface area contributed by atoms with Gasteiger partial charge in [0.15, 0.2) is 0 Å². The molecule has 0 spiro atoms. The first kappa shape index (κ1) is 15.2. The number of likely N-dealkylation sites (N-methyl/N-ethyl adjacent to an activating group) is 1. The summed E-state index contributed by atoms with van der Waals surface area (Å²) in [5.41, 5.74) is 7.58. The Morgan fingerprint density at radius 1 is 1.29 bits per heavy atom. The lowest BCUT2D eigenvalue weighted by atomic mass is 10.1. The van der Waals surface area contributed by atoms with Gasteiger partial charge in [-0.25, -0.2) is 0 Å². The second-order valence-electron chi connectivity index (χ2n) is 5.67. The Kier molecular flexibility index (Phi) is 4.35. The second kappa shape index (κ2) is 6.03. The van der Waals surface area contributed by atoms with Crippen molar-refractivity contribution in [3.05, 3.63) is 23.8 Å². The monoisotopic (exact) mass is 290 g/mol. The zero-order chi connectivity index (χ0) is 15.6. The molecule has 0 heterocycles. The van der Waals surface area contributed by atoms with Crippen LogP contribution in [0.15, 0.2) is 18.2 Å². The fraction of sp³-hybridized carbons (Fsp3) is 0.467. The number of nitrogens with zero attached hydrogens (tertiary/aromatic N) is 2. The summed E-state index contributed by atoms with van der Waals surface area (Å²) in [5, 5.41) is 2.93. The van der Waals surface area contributed by atoms with Crippen LogP contribution in [0.5, 0.6) is 0 Å². The molecular weight excluding hydrogens is 268 g/mol. The minimum absolute atomic E-state index is 0.0364. The largest absolute Gasteiger partial charge is 0.399 e. The van der Waals surface area contributed by atoms with E-state index in [-0.39, 0.29) is 18.4 Å². The van der Waals surface area contributed by atoms with Gasteiger partial charge in [-0.05, 0) is 31.0 Å². The lowest BCUT2D eigenvalue weighted by Gasteiger charge is -2.23. The Balaban J connectivity index is 2.17. The van der Waals surface area contributed by atoms with Crippen molar-refractivity contribution < 1.29 is 9.59 Å². The topological polar surface area (TPSA) is 78.7 Å². The maximum Gasteiger partial charge on any atom is 0.255 e. The molecule has 2 rings (SSSR count). The molecule has 0 saturated heterocycles. The number of anilines is 2. The maximum absolute atomic E-state index is 12.2. The molecule has 21 heavy (non-hydrogen) atoms. The van der Waals surface area contributed by atoms with Crippen LogP contribution in [0.2, 0.25) is 0 Å². The van der Waals surface area contributed by atoms with Gasteiger partial charge < -0.3 is 20.9 Å². The van der Waals surface area contributed by atoms with Gasteiger partial charge in [0.2, 0.25) is 5.91 Å². The molecule has 114 valence electrons. The Bertz CT molecular complexity index is 553. The first-order valence-electron chi connectivity index (χ1n) is 7.00. The minimum Gasteiger partial charge on any atom is -0.399 e. The number of carbonyl (C=O) groups excluding carboxylic acids is 2. The van der Waals surface area contributed by atoms with E-state index in [1.54, 1.807) is 44.2 Å². The molecule has 0 unspecified atom stereocenters. The van der Waals surface area contributed by atoms with E-state index >= 15 is 0 Å². The van der Waals surface area contributed by atoms with Gasteiger partial charge >= 0.3 is 0 Å². The van der Waals surface area contributed by atoms with E-state index in [9.17, 15) is 9.59 Å². The fourth-order valence-corrected chi connectivity index (χ4v) is 2.09. The smallest absolute Gasteiger partial charge is 0.255 e. The second-order valence-corrected chi connectivity index (χ2v) is 5.67. The van der Waals surface area contributed by atoms with Gasteiger partial charge in [-0.2, -0.15) is 0 Å². The Morgan fingerprint density at radius 3 is 2.52 bits per heavy atom. The lowest BCUT2D eigenvalue weighted by molar-refractivity contribution is -0.119. The van der Waals surface area contributed by atoms with Crippen LogP contribution in [0.25, 0.3) is 0 Å². The molecule has 0 aliphatic heterocycles. The molecule has 1 aromatic carbocycles. The predicted molar refractivity (Wildman–Crippen MR) is 83.3 cm³/mol. The number of benzene rings is 1. The quantitative estimate of drug-likeness (QED) is 0.782. The van der Waals surface area contributed by atoms with E-state index in [1.807, 2.05) is 0 Å². The van der Waals surface area contributed by atoms with Gasteiger partial charge in [-0.1, -0.05) is 0 Å². The van der Waals surface area contributed by atoms with Gasteiger partial charge in [0.25, 0.3) is 5.91 Å². The molecule has 1 fully saturated rings. The average molecular weight is 290 g/mol. The third kappa shape index (κ3) is 3.87. The SMILES string of the molecule is CN(C)C(=O)c1ccc(N)cc1N(C)CC(=O)NC1CC1. The number of carbonyl (C=O) groups is 2. The van der Waals surface area contributed by atoms with Crippen molar-refractivity contribution in [3.8, 4) is 0 Å². The number of nitrogens with one attached hydrogen (secondary N) is 1. The number of hydrogen-bond donors (Lipinski definition) is 2.